The Morgan fingerprint density at radius 1 is 0.947 bits per heavy atom. The topological polar surface area (TPSA) is 32.5 Å². The van der Waals surface area contributed by atoms with Crippen LogP contribution in [0, 0.1) is 0 Å². The van der Waals surface area contributed by atoms with E-state index < -0.39 is 0 Å². The molecule has 0 spiro atoms. The highest BCUT2D eigenvalue weighted by atomic mass is 35.5. The van der Waals surface area contributed by atoms with Gasteiger partial charge in [-0.2, -0.15) is 0 Å². The maximum absolute atomic E-state index is 6.05. The zero-order valence-corrected chi connectivity index (χ0v) is 12.6. The molecule has 106 valence electrons. The van der Waals surface area contributed by atoms with Crippen molar-refractivity contribution in [2.75, 3.05) is 44.2 Å². The van der Waals surface area contributed by atoms with E-state index >= 15 is 0 Å². The van der Waals surface area contributed by atoms with E-state index in [1.807, 2.05) is 12.1 Å². The summed E-state index contributed by atoms with van der Waals surface area (Å²) in [5, 5.41) is 1.40. The first-order valence-electron chi connectivity index (χ1n) is 6.82. The summed E-state index contributed by atoms with van der Waals surface area (Å²) in [5.74, 6) is 0. The molecule has 0 saturated carbocycles. The molecule has 19 heavy (non-hydrogen) atoms. The van der Waals surface area contributed by atoms with Crippen LogP contribution in [-0.4, -0.2) is 44.2 Å². The van der Waals surface area contributed by atoms with E-state index in [9.17, 15) is 0 Å². The van der Waals surface area contributed by atoms with Gasteiger partial charge in [-0.3, -0.25) is 4.90 Å². The molecular formula is C14H21Cl2N3. The summed E-state index contributed by atoms with van der Waals surface area (Å²) in [6.07, 6.45) is 2.31. The molecular weight excluding hydrogens is 281 g/mol. The smallest absolute Gasteiger partial charge is 0.0441 e. The Hall–Kier alpha value is -0.480. The van der Waals surface area contributed by atoms with Gasteiger partial charge >= 0.3 is 0 Å². The second-order valence-electron chi connectivity index (χ2n) is 4.95. The monoisotopic (exact) mass is 301 g/mol. The van der Waals surface area contributed by atoms with Crippen LogP contribution in [0.15, 0.2) is 18.2 Å². The van der Waals surface area contributed by atoms with Gasteiger partial charge in [-0.15, -0.1) is 0 Å². The zero-order valence-electron chi connectivity index (χ0n) is 11.1. The number of anilines is 1. The van der Waals surface area contributed by atoms with Gasteiger partial charge in [0.1, 0.15) is 0 Å². The summed E-state index contributed by atoms with van der Waals surface area (Å²) in [5.41, 5.74) is 6.64. The molecule has 1 aliphatic rings. The van der Waals surface area contributed by atoms with Gasteiger partial charge in [-0.05, 0) is 44.1 Å². The number of halogens is 2. The molecule has 0 aromatic heterocycles. The maximum Gasteiger partial charge on any atom is 0.0441 e. The summed E-state index contributed by atoms with van der Waals surface area (Å²) in [7, 11) is 0. The molecule has 0 atom stereocenters. The normalized spacial score (nSPS) is 16.9. The summed E-state index contributed by atoms with van der Waals surface area (Å²) in [6, 6.07) is 5.74. The van der Waals surface area contributed by atoms with E-state index in [0.29, 0.717) is 10.0 Å². The highest BCUT2D eigenvalue weighted by Crippen LogP contribution is 2.26. The van der Waals surface area contributed by atoms with Crippen molar-refractivity contribution in [1.29, 1.82) is 0 Å². The molecule has 1 aromatic carbocycles. The Balaban J connectivity index is 1.85. The Labute approximate surface area is 125 Å². The second kappa shape index (κ2) is 7.34. The van der Waals surface area contributed by atoms with Crippen LogP contribution in [-0.2, 0) is 0 Å². The number of hydrogen-bond donors (Lipinski definition) is 1. The Morgan fingerprint density at radius 3 is 2.16 bits per heavy atom. The van der Waals surface area contributed by atoms with Gasteiger partial charge in [0.2, 0.25) is 0 Å². The lowest BCUT2D eigenvalue weighted by Crippen LogP contribution is -2.46. The largest absolute Gasteiger partial charge is 0.369 e. The second-order valence-corrected chi connectivity index (χ2v) is 5.82. The number of nitrogens with zero attached hydrogens (tertiary/aromatic N) is 2. The van der Waals surface area contributed by atoms with Crippen molar-refractivity contribution in [2.45, 2.75) is 12.8 Å². The van der Waals surface area contributed by atoms with Crippen LogP contribution in [0.1, 0.15) is 12.8 Å². The van der Waals surface area contributed by atoms with Crippen LogP contribution in [0.2, 0.25) is 10.0 Å². The predicted molar refractivity (Wildman–Crippen MR) is 83.4 cm³/mol. The molecule has 1 fully saturated rings. The molecule has 1 aromatic rings. The molecule has 5 heteroatoms. The lowest BCUT2D eigenvalue weighted by molar-refractivity contribution is 0.253. The predicted octanol–water partition coefficient (Wildman–Crippen LogP) is 2.85. The minimum absolute atomic E-state index is 0.702. The molecule has 2 N–H and O–H groups in total. The van der Waals surface area contributed by atoms with Gasteiger partial charge < -0.3 is 10.6 Å². The Bertz CT molecular complexity index is 383. The average molecular weight is 302 g/mol. The maximum atomic E-state index is 6.05. The number of unbranched alkanes of at least 4 members (excludes halogenated alkanes) is 1. The number of piperazine rings is 1. The van der Waals surface area contributed by atoms with E-state index in [1.165, 1.54) is 6.42 Å². The number of nitrogens with two attached hydrogens (primary N) is 1. The van der Waals surface area contributed by atoms with Gasteiger partial charge in [0.15, 0.2) is 0 Å². The highest BCUT2D eigenvalue weighted by Gasteiger charge is 2.17. The van der Waals surface area contributed by atoms with Crippen molar-refractivity contribution >= 4 is 28.9 Å². The van der Waals surface area contributed by atoms with Gasteiger partial charge in [0, 0.05) is 41.9 Å². The quantitative estimate of drug-likeness (QED) is 0.849. The molecule has 3 nitrogen and oxygen atoms in total. The fraction of sp³-hybridized carbons (Fsp3) is 0.571. The third-order valence-corrected chi connectivity index (χ3v) is 3.95. The first-order valence-corrected chi connectivity index (χ1v) is 7.58. The minimum Gasteiger partial charge on any atom is -0.369 e. The third kappa shape index (κ3) is 4.53. The molecule has 0 bridgehead atoms. The van der Waals surface area contributed by atoms with Crippen molar-refractivity contribution in [3.05, 3.63) is 28.2 Å². The zero-order chi connectivity index (χ0) is 13.7. The van der Waals surface area contributed by atoms with Crippen LogP contribution >= 0.6 is 23.2 Å². The van der Waals surface area contributed by atoms with Crippen LogP contribution < -0.4 is 10.6 Å². The summed E-state index contributed by atoms with van der Waals surface area (Å²) >= 11 is 12.1. The molecule has 2 rings (SSSR count). The van der Waals surface area contributed by atoms with Crippen LogP contribution in [0.4, 0.5) is 5.69 Å². The van der Waals surface area contributed by atoms with E-state index in [0.717, 1.165) is 51.4 Å². The molecule has 0 radical (unpaired) electrons. The molecule has 0 amide bonds. The Morgan fingerprint density at radius 2 is 1.58 bits per heavy atom. The van der Waals surface area contributed by atoms with Crippen molar-refractivity contribution < 1.29 is 0 Å². The number of rotatable bonds is 5. The first-order chi connectivity index (χ1) is 9.19. The summed E-state index contributed by atoms with van der Waals surface area (Å²) < 4.78 is 0. The highest BCUT2D eigenvalue weighted by molar-refractivity contribution is 6.35. The van der Waals surface area contributed by atoms with Crippen LogP contribution in [0.25, 0.3) is 0 Å². The summed E-state index contributed by atoms with van der Waals surface area (Å²) in [4.78, 5) is 4.84. The standard InChI is InChI=1S/C14H21Cl2N3/c15-12-9-13(16)11-14(10-12)19-7-5-18(6-8-19)4-2-1-3-17/h9-11H,1-8,17H2. The SMILES string of the molecule is NCCCCN1CCN(c2cc(Cl)cc(Cl)c2)CC1. The third-order valence-electron chi connectivity index (χ3n) is 3.51. The summed E-state index contributed by atoms with van der Waals surface area (Å²) in [6.45, 7) is 6.18. The van der Waals surface area contributed by atoms with E-state index in [1.54, 1.807) is 6.07 Å². The van der Waals surface area contributed by atoms with Gasteiger partial charge in [0.05, 0.1) is 0 Å². The number of hydrogen-bond acceptors (Lipinski definition) is 3. The molecule has 0 aliphatic carbocycles. The average Bonchev–Trinajstić information content (AvgIpc) is 2.39. The minimum atomic E-state index is 0.702. The van der Waals surface area contributed by atoms with E-state index in [2.05, 4.69) is 9.80 Å². The fourth-order valence-electron chi connectivity index (χ4n) is 2.43. The number of benzene rings is 1. The lowest BCUT2D eigenvalue weighted by Gasteiger charge is -2.36. The van der Waals surface area contributed by atoms with Crippen molar-refractivity contribution in [3.63, 3.8) is 0 Å². The molecule has 1 heterocycles. The van der Waals surface area contributed by atoms with Gasteiger partial charge in [-0.1, -0.05) is 23.2 Å². The fourth-order valence-corrected chi connectivity index (χ4v) is 2.95. The Kier molecular flexibility index (Phi) is 5.76. The van der Waals surface area contributed by atoms with E-state index in [4.69, 9.17) is 28.9 Å². The van der Waals surface area contributed by atoms with Gasteiger partial charge in [-0.25, -0.2) is 0 Å². The molecule has 1 saturated heterocycles. The van der Waals surface area contributed by atoms with Crippen LogP contribution in [0.3, 0.4) is 0 Å². The molecule has 0 unspecified atom stereocenters. The van der Waals surface area contributed by atoms with Crippen molar-refractivity contribution in [3.8, 4) is 0 Å². The molecule has 1 aliphatic heterocycles. The van der Waals surface area contributed by atoms with Crippen molar-refractivity contribution in [1.82, 2.24) is 4.90 Å². The van der Waals surface area contributed by atoms with E-state index in [-0.39, 0.29) is 0 Å². The van der Waals surface area contributed by atoms with Crippen LogP contribution in [0.5, 0.6) is 0 Å². The van der Waals surface area contributed by atoms with Crippen molar-refractivity contribution in [2.24, 2.45) is 5.73 Å². The first kappa shape index (κ1) is 14.9. The van der Waals surface area contributed by atoms with Gasteiger partial charge in [0.25, 0.3) is 0 Å². The lowest BCUT2D eigenvalue weighted by atomic mass is 10.2.